The Labute approximate surface area is 97.6 Å². The molecule has 76 valence electrons. The van der Waals surface area contributed by atoms with Gasteiger partial charge in [0.2, 0.25) is 0 Å². The summed E-state index contributed by atoms with van der Waals surface area (Å²) in [6.07, 6.45) is 2.49. The van der Waals surface area contributed by atoms with Crippen molar-refractivity contribution in [2.45, 2.75) is 12.8 Å². The normalized spacial score (nSPS) is 21.4. The van der Waals surface area contributed by atoms with Gasteiger partial charge in [0.15, 0.2) is 0 Å². The van der Waals surface area contributed by atoms with Gasteiger partial charge < -0.3 is 5.73 Å². The number of hydrogen-bond donors (Lipinski definition) is 1. The number of anilines is 1. The maximum atomic E-state index is 5.96. The Morgan fingerprint density at radius 3 is 3.00 bits per heavy atom. The monoisotopic (exact) mass is 271 g/mol. The van der Waals surface area contributed by atoms with E-state index in [4.69, 9.17) is 5.73 Å². The van der Waals surface area contributed by atoms with E-state index < -0.39 is 0 Å². The van der Waals surface area contributed by atoms with Gasteiger partial charge in [0, 0.05) is 10.2 Å². The molecule has 0 aliphatic carbocycles. The Morgan fingerprint density at radius 1 is 1.50 bits per heavy atom. The van der Waals surface area contributed by atoms with Gasteiger partial charge in [0.1, 0.15) is 0 Å². The van der Waals surface area contributed by atoms with E-state index in [-0.39, 0.29) is 0 Å². The number of benzene rings is 1. The van der Waals surface area contributed by atoms with Crippen LogP contribution in [0.1, 0.15) is 12.0 Å². The van der Waals surface area contributed by atoms with Gasteiger partial charge in [0.05, 0.1) is 0 Å². The highest BCUT2D eigenvalue weighted by Crippen LogP contribution is 2.29. The Morgan fingerprint density at radius 2 is 2.36 bits per heavy atom. The summed E-state index contributed by atoms with van der Waals surface area (Å²) in [6.45, 7) is 0. The Hall–Kier alpha value is -0.150. The number of hydrogen-bond acceptors (Lipinski definition) is 2. The zero-order valence-electron chi connectivity index (χ0n) is 8.00. The van der Waals surface area contributed by atoms with Crippen LogP contribution in [0.5, 0.6) is 0 Å². The van der Waals surface area contributed by atoms with Crippen LogP contribution >= 0.6 is 27.7 Å². The van der Waals surface area contributed by atoms with Crippen LogP contribution in [0, 0.1) is 5.92 Å². The molecule has 1 aliphatic rings. The van der Waals surface area contributed by atoms with E-state index in [0.29, 0.717) is 0 Å². The summed E-state index contributed by atoms with van der Waals surface area (Å²) >= 11 is 5.49. The SMILES string of the molecule is Nc1cc(Br)ccc1CC1CCSC1. The van der Waals surface area contributed by atoms with Crippen LogP contribution in [0.4, 0.5) is 5.69 Å². The van der Waals surface area contributed by atoms with E-state index in [9.17, 15) is 0 Å². The van der Waals surface area contributed by atoms with Crippen molar-refractivity contribution in [2.75, 3.05) is 17.2 Å². The van der Waals surface area contributed by atoms with Gasteiger partial charge in [-0.1, -0.05) is 22.0 Å². The first-order valence-electron chi connectivity index (χ1n) is 4.87. The molecule has 0 aromatic heterocycles. The molecule has 1 unspecified atom stereocenters. The second-order valence-corrected chi connectivity index (χ2v) is 5.84. The van der Waals surface area contributed by atoms with Gasteiger partial charge in [-0.25, -0.2) is 0 Å². The van der Waals surface area contributed by atoms with Gasteiger partial charge >= 0.3 is 0 Å². The second-order valence-electron chi connectivity index (χ2n) is 3.78. The smallest absolute Gasteiger partial charge is 0.0357 e. The average Bonchev–Trinajstić information content (AvgIpc) is 2.62. The van der Waals surface area contributed by atoms with Crippen LogP contribution in [0.2, 0.25) is 0 Å². The molecule has 2 N–H and O–H groups in total. The lowest BCUT2D eigenvalue weighted by molar-refractivity contribution is 0.597. The average molecular weight is 272 g/mol. The number of rotatable bonds is 2. The summed E-state index contributed by atoms with van der Waals surface area (Å²) in [5.41, 5.74) is 8.20. The molecule has 0 bridgehead atoms. The summed E-state index contributed by atoms with van der Waals surface area (Å²) in [7, 11) is 0. The summed E-state index contributed by atoms with van der Waals surface area (Å²) in [4.78, 5) is 0. The van der Waals surface area contributed by atoms with Crippen molar-refractivity contribution in [3.8, 4) is 0 Å². The zero-order valence-corrected chi connectivity index (χ0v) is 10.4. The number of halogens is 1. The van der Waals surface area contributed by atoms with Crippen LogP contribution in [0.15, 0.2) is 22.7 Å². The third kappa shape index (κ3) is 2.45. The van der Waals surface area contributed by atoms with Crippen molar-refractivity contribution in [3.05, 3.63) is 28.2 Å². The van der Waals surface area contributed by atoms with Gasteiger partial charge in [-0.2, -0.15) is 11.8 Å². The molecule has 1 nitrogen and oxygen atoms in total. The van der Waals surface area contributed by atoms with E-state index >= 15 is 0 Å². The molecule has 1 atom stereocenters. The van der Waals surface area contributed by atoms with Crippen LogP contribution in [0.3, 0.4) is 0 Å². The largest absolute Gasteiger partial charge is 0.398 e. The van der Waals surface area contributed by atoms with Gasteiger partial charge in [-0.3, -0.25) is 0 Å². The summed E-state index contributed by atoms with van der Waals surface area (Å²) in [6, 6.07) is 6.22. The second kappa shape index (κ2) is 4.58. The maximum absolute atomic E-state index is 5.96. The first kappa shape index (κ1) is 10.4. The van der Waals surface area contributed by atoms with Gasteiger partial charge in [-0.15, -0.1) is 0 Å². The molecule has 3 heteroatoms. The standard InChI is InChI=1S/C11H14BrNS/c12-10-2-1-9(11(13)6-10)5-8-3-4-14-7-8/h1-2,6,8H,3-5,7,13H2. The lowest BCUT2D eigenvalue weighted by atomic mass is 9.98. The molecule has 1 aliphatic heterocycles. The van der Waals surface area contributed by atoms with Crippen molar-refractivity contribution >= 4 is 33.4 Å². The molecule has 1 fully saturated rings. The molecule has 1 heterocycles. The lowest BCUT2D eigenvalue weighted by Crippen LogP contribution is -2.05. The van der Waals surface area contributed by atoms with Crippen molar-refractivity contribution in [1.29, 1.82) is 0 Å². The maximum Gasteiger partial charge on any atom is 0.0357 e. The minimum absolute atomic E-state index is 0.837. The topological polar surface area (TPSA) is 26.0 Å². The molecule has 0 amide bonds. The predicted octanol–water partition coefficient (Wildman–Crippen LogP) is 3.33. The molecule has 1 aromatic carbocycles. The highest BCUT2D eigenvalue weighted by atomic mass is 79.9. The number of nitrogen functional groups attached to an aromatic ring is 1. The molecule has 14 heavy (non-hydrogen) atoms. The molecule has 2 rings (SSSR count). The third-order valence-electron chi connectivity index (χ3n) is 2.64. The molecule has 1 aromatic rings. The van der Waals surface area contributed by atoms with Crippen LogP contribution in [0.25, 0.3) is 0 Å². The molecule has 0 saturated carbocycles. The molecular formula is C11H14BrNS. The lowest BCUT2D eigenvalue weighted by Gasteiger charge is -2.10. The molecule has 1 saturated heterocycles. The molecule has 0 radical (unpaired) electrons. The fourth-order valence-corrected chi connectivity index (χ4v) is 3.47. The molecular weight excluding hydrogens is 258 g/mol. The summed E-state index contributed by atoms with van der Waals surface area (Å²) < 4.78 is 1.07. The van der Waals surface area contributed by atoms with Crippen molar-refractivity contribution in [1.82, 2.24) is 0 Å². The Balaban J connectivity index is 2.08. The van der Waals surface area contributed by atoms with Gasteiger partial charge in [-0.05, 0) is 48.0 Å². The van der Waals surface area contributed by atoms with Crippen molar-refractivity contribution < 1.29 is 0 Å². The fourth-order valence-electron chi connectivity index (χ4n) is 1.81. The highest BCUT2D eigenvalue weighted by molar-refractivity contribution is 9.10. The van der Waals surface area contributed by atoms with Crippen molar-refractivity contribution in [3.63, 3.8) is 0 Å². The third-order valence-corrected chi connectivity index (χ3v) is 4.37. The minimum atomic E-state index is 0.837. The Kier molecular flexibility index (Phi) is 3.39. The van der Waals surface area contributed by atoms with Crippen molar-refractivity contribution in [2.24, 2.45) is 5.92 Å². The fraction of sp³-hybridized carbons (Fsp3) is 0.455. The van der Waals surface area contributed by atoms with E-state index in [1.165, 1.54) is 23.5 Å². The summed E-state index contributed by atoms with van der Waals surface area (Å²) in [5.74, 6) is 3.46. The van der Waals surface area contributed by atoms with E-state index in [2.05, 4.69) is 39.8 Å². The van der Waals surface area contributed by atoms with E-state index in [1.807, 2.05) is 6.07 Å². The first-order valence-corrected chi connectivity index (χ1v) is 6.82. The number of nitrogens with two attached hydrogens (primary N) is 1. The van der Waals surface area contributed by atoms with E-state index in [0.717, 1.165) is 22.5 Å². The van der Waals surface area contributed by atoms with Crippen LogP contribution in [-0.2, 0) is 6.42 Å². The zero-order chi connectivity index (χ0) is 9.97. The predicted molar refractivity (Wildman–Crippen MR) is 67.7 cm³/mol. The van der Waals surface area contributed by atoms with Gasteiger partial charge in [0.25, 0.3) is 0 Å². The van der Waals surface area contributed by atoms with Crippen LogP contribution in [-0.4, -0.2) is 11.5 Å². The van der Waals surface area contributed by atoms with E-state index in [1.54, 1.807) is 0 Å². The summed E-state index contributed by atoms with van der Waals surface area (Å²) in [5, 5.41) is 0. The quantitative estimate of drug-likeness (QED) is 0.836. The number of thioether (sulfide) groups is 1. The first-order chi connectivity index (χ1) is 6.75. The molecule has 0 spiro atoms. The Bertz CT molecular complexity index is 321. The highest BCUT2D eigenvalue weighted by Gasteiger charge is 2.16. The van der Waals surface area contributed by atoms with Crippen LogP contribution < -0.4 is 5.73 Å². The minimum Gasteiger partial charge on any atom is -0.398 e.